The number of alkyl halides is 3. The molecule has 0 bridgehead atoms. The van der Waals surface area contributed by atoms with Crippen LogP contribution in [0.2, 0.25) is 0 Å². The summed E-state index contributed by atoms with van der Waals surface area (Å²) in [6, 6.07) is 12.9. The van der Waals surface area contributed by atoms with E-state index >= 15 is 0 Å². The Morgan fingerprint density at radius 2 is 1.88 bits per heavy atom. The molecule has 0 aliphatic heterocycles. The second kappa shape index (κ2) is 7.33. The Bertz CT molecular complexity index is 745. The fraction of sp³-hybridized carbons (Fsp3) is 0.421. The number of nitrogens with one attached hydrogen (secondary N) is 1. The molecule has 0 aromatic heterocycles. The summed E-state index contributed by atoms with van der Waals surface area (Å²) in [5.74, 6) is -1.15. The Morgan fingerprint density at radius 1 is 1.12 bits per heavy atom. The standard InChI is InChI=1S/C19H20F3NO2/c20-19(21,22)15-6-3-7-16(11-15)23-18(24)12-25-17-9-8-13-4-1-2-5-14(13)10-17/h1-2,4-5,8-10,15-16H,3,6-7,11-12H2,(H,23,24)/t15-,16+/m1/s1. The molecule has 134 valence electrons. The molecule has 1 aliphatic rings. The molecule has 0 saturated heterocycles. The highest BCUT2D eigenvalue weighted by molar-refractivity contribution is 5.84. The molecule has 0 spiro atoms. The van der Waals surface area contributed by atoms with Crippen LogP contribution in [0, 0.1) is 5.92 Å². The Labute approximate surface area is 144 Å². The highest BCUT2D eigenvalue weighted by atomic mass is 19.4. The fourth-order valence-corrected chi connectivity index (χ4v) is 3.29. The molecule has 25 heavy (non-hydrogen) atoms. The van der Waals surface area contributed by atoms with Crippen LogP contribution in [0.15, 0.2) is 42.5 Å². The molecule has 6 heteroatoms. The molecule has 1 N–H and O–H groups in total. The van der Waals surface area contributed by atoms with Crippen molar-refractivity contribution in [3.05, 3.63) is 42.5 Å². The zero-order valence-electron chi connectivity index (χ0n) is 13.7. The van der Waals surface area contributed by atoms with Gasteiger partial charge in [-0.1, -0.05) is 36.8 Å². The minimum Gasteiger partial charge on any atom is -0.484 e. The molecular weight excluding hydrogens is 331 g/mol. The van der Waals surface area contributed by atoms with Crippen LogP contribution < -0.4 is 10.1 Å². The summed E-state index contributed by atoms with van der Waals surface area (Å²) in [6.07, 6.45) is -3.05. The van der Waals surface area contributed by atoms with Gasteiger partial charge in [-0.05, 0) is 42.2 Å². The summed E-state index contributed by atoms with van der Waals surface area (Å²) in [5.41, 5.74) is 0. The summed E-state index contributed by atoms with van der Waals surface area (Å²) < 4.78 is 43.9. The van der Waals surface area contributed by atoms with Crippen LogP contribution in [0.4, 0.5) is 13.2 Å². The number of benzene rings is 2. The summed E-state index contributed by atoms with van der Waals surface area (Å²) in [5, 5.41) is 4.73. The number of amides is 1. The molecule has 1 aliphatic carbocycles. The third-order valence-corrected chi connectivity index (χ3v) is 4.59. The maximum Gasteiger partial charge on any atom is 0.391 e. The first-order valence-electron chi connectivity index (χ1n) is 8.39. The van der Waals surface area contributed by atoms with E-state index in [1.54, 1.807) is 6.07 Å². The monoisotopic (exact) mass is 351 g/mol. The Morgan fingerprint density at radius 3 is 2.64 bits per heavy atom. The summed E-state index contributed by atoms with van der Waals surface area (Å²) in [7, 11) is 0. The zero-order valence-corrected chi connectivity index (χ0v) is 13.7. The average molecular weight is 351 g/mol. The minimum absolute atomic E-state index is 0.0504. The van der Waals surface area contributed by atoms with Crippen LogP contribution in [0.3, 0.4) is 0 Å². The van der Waals surface area contributed by atoms with Gasteiger partial charge in [0.25, 0.3) is 5.91 Å². The van der Waals surface area contributed by atoms with Crippen LogP contribution in [0.5, 0.6) is 5.75 Å². The molecule has 3 rings (SSSR count). The number of hydrogen-bond donors (Lipinski definition) is 1. The molecule has 2 aromatic rings. The molecule has 0 radical (unpaired) electrons. The third kappa shape index (κ3) is 4.65. The van der Waals surface area contributed by atoms with Crippen molar-refractivity contribution in [1.82, 2.24) is 5.32 Å². The van der Waals surface area contributed by atoms with E-state index < -0.39 is 18.1 Å². The number of halogens is 3. The number of carbonyl (C=O) groups is 1. The second-order valence-corrected chi connectivity index (χ2v) is 6.47. The van der Waals surface area contributed by atoms with Gasteiger partial charge in [0, 0.05) is 6.04 Å². The van der Waals surface area contributed by atoms with Crippen LogP contribution in [-0.2, 0) is 4.79 Å². The number of hydrogen-bond acceptors (Lipinski definition) is 2. The smallest absolute Gasteiger partial charge is 0.391 e. The largest absolute Gasteiger partial charge is 0.484 e. The van der Waals surface area contributed by atoms with E-state index in [1.165, 1.54) is 0 Å². The maximum atomic E-state index is 12.8. The van der Waals surface area contributed by atoms with Crippen molar-refractivity contribution >= 4 is 16.7 Å². The molecule has 3 nitrogen and oxygen atoms in total. The quantitative estimate of drug-likeness (QED) is 0.883. The van der Waals surface area contributed by atoms with Gasteiger partial charge in [0.05, 0.1) is 5.92 Å². The van der Waals surface area contributed by atoms with Crippen LogP contribution in [-0.4, -0.2) is 24.7 Å². The first-order valence-corrected chi connectivity index (χ1v) is 8.39. The van der Waals surface area contributed by atoms with E-state index in [4.69, 9.17) is 4.74 Å². The van der Waals surface area contributed by atoms with Crippen molar-refractivity contribution < 1.29 is 22.7 Å². The third-order valence-electron chi connectivity index (χ3n) is 4.59. The van der Waals surface area contributed by atoms with E-state index in [1.807, 2.05) is 36.4 Å². The molecule has 0 unspecified atom stereocenters. The number of carbonyl (C=O) groups excluding carboxylic acids is 1. The normalized spacial score (nSPS) is 21.1. The van der Waals surface area contributed by atoms with Crippen molar-refractivity contribution in [2.24, 2.45) is 5.92 Å². The minimum atomic E-state index is -4.19. The van der Waals surface area contributed by atoms with Crippen LogP contribution >= 0.6 is 0 Å². The van der Waals surface area contributed by atoms with E-state index in [0.717, 1.165) is 10.8 Å². The van der Waals surface area contributed by atoms with Crippen molar-refractivity contribution in [3.8, 4) is 5.75 Å². The van der Waals surface area contributed by atoms with Crippen molar-refractivity contribution in [1.29, 1.82) is 0 Å². The topological polar surface area (TPSA) is 38.3 Å². The highest BCUT2D eigenvalue weighted by Crippen LogP contribution is 2.37. The molecule has 1 saturated carbocycles. The Hall–Kier alpha value is -2.24. The number of fused-ring (bicyclic) bond motifs is 1. The fourth-order valence-electron chi connectivity index (χ4n) is 3.29. The van der Waals surface area contributed by atoms with Crippen LogP contribution in [0.1, 0.15) is 25.7 Å². The van der Waals surface area contributed by atoms with Crippen molar-refractivity contribution in [2.75, 3.05) is 6.61 Å². The summed E-state index contributed by atoms with van der Waals surface area (Å²) in [6.45, 7) is -0.203. The highest BCUT2D eigenvalue weighted by Gasteiger charge is 2.42. The maximum absolute atomic E-state index is 12.8. The van der Waals surface area contributed by atoms with Crippen molar-refractivity contribution in [2.45, 2.75) is 37.9 Å². The second-order valence-electron chi connectivity index (χ2n) is 6.47. The number of rotatable bonds is 4. The first kappa shape index (κ1) is 17.6. The lowest BCUT2D eigenvalue weighted by molar-refractivity contribution is -0.184. The van der Waals surface area contributed by atoms with Gasteiger partial charge in [-0.15, -0.1) is 0 Å². The molecule has 2 aromatic carbocycles. The molecule has 1 amide bonds. The summed E-state index contributed by atoms with van der Waals surface area (Å²) >= 11 is 0. The van der Waals surface area contributed by atoms with Gasteiger partial charge in [0.1, 0.15) is 5.75 Å². The van der Waals surface area contributed by atoms with E-state index in [2.05, 4.69) is 5.32 Å². The molecule has 1 fully saturated rings. The van der Waals surface area contributed by atoms with Gasteiger partial charge in [-0.3, -0.25) is 4.79 Å². The Balaban J connectivity index is 1.52. The molecule has 0 heterocycles. The molecular formula is C19H20F3NO2. The predicted octanol–water partition coefficient (Wildman–Crippen LogP) is 4.46. The van der Waals surface area contributed by atoms with Gasteiger partial charge in [-0.2, -0.15) is 13.2 Å². The van der Waals surface area contributed by atoms with Gasteiger partial charge in [0.2, 0.25) is 0 Å². The molecule has 2 atom stereocenters. The predicted molar refractivity (Wildman–Crippen MR) is 89.4 cm³/mol. The average Bonchev–Trinajstić information content (AvgIpc) is 2.59. The van der Waals surface area contributed by atoms with Crippen LogP contribution in [0.25, 0.3) is 10.8 Å². The van der Waals surface area contributed by atoms with Gasteiger partial charge < -0.3 is 10.1 Å². The lowest BCUT2D eigenvalue weighted by Gasteiger charge is -2.31. The van der Waals surface area contributed by atoms with E-state index in [0.29, 0.717) is 18.6 Å². The lowest BCUT2D eigenvalue weighted by atomic mass is 9.85. The number of ether oxygens (including phenoxy) is 1. The lowest BCUT2D eigenvalue weighted by Crippen LogP contribution is -2.43. The first-order chi connectivity index (χ1) is 11.9. The van der Waals surface area contributed by atoms with E-state index in [9.17, 15) is 18.0 Å². The SMILES string of the molecule is O=C(COc1ccc2ccccc2c1)N[C@H]1CCC[C@@H](C(F)(F)F)C1. The Kier molecular flexibility index (Phi) is 5.16. The van der Waals surface area contributed by atoms with Gasteiger partial charge >= 0.3 is 6.18 Å². The zero-order chi connectivity index (χ0) is 17.9. The van der Waals surface area contributed by atoms with E-state index in [-0.39, 0.29) is 25.4 Å². The van der Waals surface area contributed by atoms with Crippen molar-refractivity contribution in [3.63, 3.8) is 0 Å². The van der Waals surface area contributed by atoms with Gasteiger partial charge in [0.15, 0.2) is 6.61 Å². The summed E-state index contributed by atoms with van der Waals surface area (Å²) in [4.78, 5) is 12.0. The van der Waals surface area contributed by atoms with Gasteiger partial charge in [-0.25, -0.2) is 0 Å².